The van der Waals surface area contributed by atoms with Crippen LogP contribution >= 0.6 is 0 Å². The van der Waals surface area contributed by atoms with E-state index >= 15 is 0 Å². The van der Waals surface area contributed by atoms with Crippen molar-refractivity contribution < 1.29 is 58.9 Å². The number of allylic oxidation sites excluding steroid dienone is 4. The summed E-state index contributed by atoms with van der Waals surface area (Å²) in [6.45, 7) is 16.2. The van der Waals surface area contributed by atoms with Crippen LogP contribution in [0.4, 0.5) is 0 Å². The van der Waals surface area contributed by atoms with Crippen molar-refractivity contribution in [1.82, 2.24) is 0 Å². The number of benzene rings is 3. The van der Waals surface area contributed by atoms with Crippen LogP contribution < -0.4 is 52.8 Å². The number of aryl methyl sites for hydroxylation is 6. The zero-order valence-corrected chi connectivity index (χ0v) is 31.4. The van der Waals surface area contributed by atoms with Gasteiger partial charge in [0.1, 0.15) is 0 Å². The summed E-state index contributed by atoms with van der Waals surface area (Å²) in [5.41, 5.74) is 10.2. The van der Waals surface area contributed by atoms with Gasteiger partial charge in [0.25, 0.3) is 0 Å². The van der Waals surface area contributed by atoms with E-state index in [-0.39, 0.29) is 58.9 Å². The molecule has 0 atom stereocenters. The predicted molar refractivity (Wildman–Crippen MR) is 170 cm³/mol. The molecule has 3 aromatic rings. The molecule has 0 unspecified atom stereocenters. The molecule has 0 bridgehead atoms. The molecular weight excluding hydrogens is 627 g/mol. The summed E-state index contributed by atoms with van der Waals surface area (Å²) in [5, 5.41) is 6.35. The summed E-state index contributed by atoms with van der Waals surface area (Å²) in [6, 6.07) is 22.8. The minimum atomic E-state index is -2.57. The van der Waals surface area contributed by atoms with E-state index in [0.29, 0.717) is 0 Å². The smallest absolute Gasteiger partial charge is 1.00 e. The van der Waals surface area contributed by atoms with Gasteiger partial charge in [-0.05, 0) is 71.9 Å². The van der Waals surface area contributed by atoms with Gasteiger partial charge in [-0.2, -0.15) is 6.08 Å². The predicted octanol–water partition coefficient (Wildman–Crippen LogP) is -1.45. The van der Waals surface area contributed by atoms with Crippen molar-refractivity contribution in [2.24, 2.45) is 0 Å². The third kappa shape index (κ3) is 8.15. The van der Waals surface area contributed by atoms with Gasteiger partial charge in [-0.1, -0.05) is 131 Å². The van der Waals surface area contributed by atoms with E-state index < -0.39 is 8.07 Å². The molecule has 1 aliphatic rings. The Morgan fingerprint density at radius 3 is 1.00 bits per heavy atom. The molecule has 4 rings (SSSR count). The van der Waals surface area contributed by atoms with Crippen LogP contribution in [-0.4, -0.2) is 8.07 Å². The second-order valence-electron chi connectivity index (χ2n) is 10.8. The molecule has 5 heteroatoms. The Morgan fingerprint density at radius 1 is 0.476 bits per heavy atom. The van der Waals surface area contributed by atoms with Gasteiger partial charge < -0.3 is 37.2 Å². The van der Waals surface area contributed by atoms with E-state index in [1.807, 2.05) is 0 Å². The van der Waals surface area contributed by atoms with Gasteiger partial charge in [0.2, 0.25) is 0 Å². The molecule has 0 saturated carbocycles. The monoisotopic (exact) mass is 672 g/mol. The Labute approximate surface area is 291 Å². The minimum absolute atomic E-state index is 0. The Hall–Kier alpha value is -1.06. The van der Waals surface area contributed by atoms with Crippen LogP contribution in [-0.2, 0) is 60.2 Å². The molecule has 0 N–H and O–H groups in total. The summed E-state index contributed by atoms with van der Waals surface area (Å²) >= 11 is 0. The maximum absolute atomic E-state index is 3.73. The van der Waals surface area contributed by atoms with Crippen LogP contribution in [0.2, 0.25) is 0 Å². The SMILES string of the molecule is CCC1=C([Si](c2cc(CC)cc(CC)c2)(c2cc(CC)cc(CC)c2)c2cc(CC)cc(CC)c2)CC=[C-]1.[Cl-].[Cl-].[Cl-].[Ti+4]. The summed E-state index contributed by atoms with van der Waals surface area (Å²) in [7, 11) is -2.57. The third-order valence-corrected chi connectivity index (χ3v) is 13.5. The molecule has 3 aromatic carbocycles. The van der Waals surface area contributed by atoms with Crippen LogP contribution in [0.5, 0.6) is 0 Å². The molecule has 0 aromatic heterocycles. The van der Waals surface area contributed by atoms with Crippen molar-refractivity contribution >= 4 is 23.6 Å². The molecule has 0 aliphatic heterocycles. The van der Waals surface area contributed by atoms with Crippen LogP contribution in [0.15, 0.2) is 71.4 Å². The van der Waals surface area contributed by atoms with Crippen LogP contribution in [0.25, 0.3) is 0 Å². The minimum Gasteiger partial charge on any atom is -1.00 e. The van der Waals surface area contributed by atoms with E-state index in [4.69, 9.17) is 0 Å². The normalized spacial score (nSPS) is 12.3. The van der Waals surface area contributed by atoms with Crippen LogP contribution in [0.3, 0.4) is 0 Å². The zero-order chi connectivity index (χ0) is 27.3. The quantitative estimate of drug-likeness (QED) is 0.133. The van der Waals surface area contributed by atoms with Gasteiger partial charge in [-0.25, -0.2) is 10.8 Å². The van der Waals surface area contributed by atoms with Crippen molar-refractivity contribution in [2.45, 2.75) is 99.8 Å². The maximum Gasteiger partial charge on any atom is 4.00 e. The summed E-state index contributed by atoms with van der Waals surface area (Å²) < 4.78 is 0. The van der Waals surface area contributed by atoms with E-state index in [0.717, 1.165) is 51.4 Å². The second kappa shape index (κ2) is 18.7. The van der Waals surface area contributed by atoms with Gasteiger partial charge >= 0.3 is 21.7 Å². The van der Waals surface area contributed by atoms with Gasteiger partial charge in [0, 0.05) is 0 Å². The molecule has 0 radical (unpaired) electrons. The van der Waals surface area contributed by atoms with Crippen molar-refractivity contribution in [3.63, 3.8) is 0 Å². The third-order valence-electron chi connectivity index (χ3n) is 8.66. The fraction of sp³-hybridized carbons (Fsp3) is 0.405. The average molecular weight is 674 g/mol. The molecule has 0 saturated heterocycles. The van der Waals surface area contributed by atoms with E-state index in [2.05, 4.69) is 115 Å². The number of rotatable bonds is 11. The molecule has 0 fully saturated rings. The van der Waals surface area contributed by atoms with Crippen LogP contribution in [0, 0.1) is 6.08 Å². The Balaban J connectivity index is 0.00000420. The second-order valence-corrected chi connectivity index (χ2v) is 14.7. The largest absolute Gasteiger partial charge is 4.00 e. The fourth-order valence-electron chi connectivity index (χ4n) is 6.37. The molecule has 0 spiro atoms. The summed E-state index contributed by atoms with van der Waals surface area (Å²) in [4.78, 5) is 0. The molecule has 224 valence electrons. The number of halogens is 3. The maximum atomic E-state index is 3.73. The Bertz CT molecular complexity index is 1160. The summed E-state index contributed by atoms with van der Waals surface area (Å²) in [5.74, 6) is 0. The van der Waals surface area contributed by atoms with Gasteiger partial charge in [0.05, 0.1) is 8.07 Å². The molecule has 0 heterocycles. The molecular formula is C37H47Cl3SiTi. The number of hydrogen-bond donors (Lipinski definition) is 0. The first-order valence-corrected chi connectivity index (χ1v) is 17.2. The molecule has 0 nitrogen and oxygen atoms in total. The van der Waals surface area contributed by atoms with Crippen molar-refractivity contribution in [3.8, 4) is 0 Å². The Kier molecular flexibility index (Phi) is 18.2. The van der Waals surface area contributed by atoms with Crippen LogP contribution in [0.1, 0.15) is 94.7 Å². The van der Waals surface area contributed by atoms with E-state index in [1.54, 1.807) is 20.8 Å². The molecule has 0 amide bonds. The summed E-state index contributed by atoms with van der Waals surface area (Å²) in [6.07, 6.45) is 14.5. The fourth-order valence-corrected chi connectivity index (χ4v) is 11.9. The first-order chi connectivity index (χ1) is 18.5. The van der Waals surface area contributed by atoms with Gasteiger partial charge in [0.15, 0.2) is 0 Å². The van der Waals surface area contributed by atoms with E-state index in [1.165, 1.54) is 39.0 Å². The first kappa shape index (κ1) is 40.9. The standard InChI is InChI=1S/C37H47Si.3ClH.Ti/c1-8-27-18-28(9-2)22-34(21-27)38(37-17-15-16-33(37)14-7,35-23-29(10-3)19-30(11-4)24-35)36-25-31(12-5)20-32(13-6)26-36;;;;/h15,18-26H,8-14,17H2,1-7H3;3*1H;/q-1;;;;+4/p-3. The average Bonchev–Trinajstić information content (AvgIpc) is 3.45. The topological polar surface area (TPSA) is 0 Å². The Morgan fingerprint density at radius 2 is 0.762 bits per heavy atom. The zero-order valence-electron chi connectivity index (χ0n) is 26.6. The first-order valence-electron chi connectivity index (χ1n) is 15.2. The molecule has 42 heavy (non-hydrogen) atoms. The van der Waals surface area contributed by atoms with Crippen molar-refractivity contribution in [1.29, 1.82) is 0 Å². The van der Waals surface area contributed by atoms with E-state index in [9.17, 15) is 0 Å². The van der Waals surface area contributed by atoms with Crippen molar-refractivity contribution in [3.05, 3.63) is 111 Å². The van der Waals surface area contributed by atoms with Crippen molar-refractivity contribution in [2.75, 3.05) is 0 Å². The molecule has 1 aliphatic carbocycles. The number of hydrogen-bond acceptors (Lipinski definition) is 0. The van der Waals surface area contributed by atoms with Gasteiger partial charge in [-0.15, -0.1) is 0 Å². The van der Waals surface area contributed by atoms with Gasteiger partial charge in [-0.3, -0.25) is 6.08 Å².